The molecule has 0 aliphatic rings. The maximum atomic E-state index is 5.16. The number of aromatic nitrogens is 1. The highest BCUT2D eigenvalue weighted by atomic mass is 127. The van der Waals surface area contributed by atoms with Gasteiger partial charge in [-0.1, -0.05) is 13.8 Å². The third-order valence-corrected chi connectivity index (χ3v) is 1.60. The molecular formula is C7H10INO. The van der Waals surface area contributed by atoms with Crippen LogP contribution in [0, 0.1) is 9.62 Å². The Bertz CT molecular complexity index is 207. The zero-order chi connectivity index (χ0) is 7.56. The van der Waals surface area contributed by atoms with Gasteiger partial charge < -0.3 is 4.42 Å². The molecule has 10 heavy (non-hydrogen) atoms. The molecule has 1 heterocycles. The normalized spacial score (nSPS) is 10.8. The lowest BCUT2D eigenvalue weighted by Crippen LogP contribution is -1.93. The number of hydrogen-bond donors (Lipinski definition) is 0. The van der Waals surface area contributed by atoms with Gasteiger partial charge in [-0.2, -0.15) is 0 Å². The van der Waals surface area contributed by atoms with Crippen molar-refractivity contribution in [3.63, 3.8) is 0 Å². The third kappa shape index (κ3) is 2.28. The fourth-order valence-electron chi connectivity index (χ4n) is 0.731. The van der Waals surface area contributed by atoms with Gasteiger partial charge in [-0.05, 0) is 28.5 Å². The molecule has 0 bridgehead atoms. The van der Waals surface area contributed by atoms with E-state index in [9.17, 15) is 0 Å². The summed E-state index contributed by atoms with van der Waals surface area (Å²) < 4.78 is 6.09. The van der Waals surface area contributed by atoms with Crippen molar-refractivity contribution in [1.29, 1.82) is 0 Å². The van der Waals surface area contributed by atoms with Crippen molar-refractivity contribution >= 4 is 22.6 Å². The summed E-state index contributed by atoms with van der Waals surface area (Å²) in [4.78, 5) is 4.17. The van der Waals surface area contributed by atoms with E-state index in [-0.39, 0.29) is 0 Å². The number of hydrogen-bond acceptors (Lipinski definition) is 2. The minimum Gasteiger partial charge on any atom is -0.448 e. The fraction of sp³-hybridized carbons (Fsp3) is 0.571. The predicted molar refractivity (Wildman–Crippen MR) is 47.8 cm³/mol. The molecule has 0 aliphatic carbocycles. The fourth-order valence-corrected chi connectivity index (χ4v) is 1.13. The average molecular weight is 251 g/mol. The topological polar surface area (TPSA) is 26.0 Å². The first kappa shape index (κ1) is 8.04. The van der Waals surface area contributed by atoms with E-state index < -0.39 is 0 Å². The molecule has 0 N–H and O–H groups in total. The molecule has 1 rings (SSSR count). The molecule has 0 aromatic carbocycles. The Morgan fingerprint density at radius 2 is 2.40 bits per heavy atom. The summed E-state index contributed by atoms with van der Waals surface area (Å²) in [5.74, 6) is 1.47. The van der Waals surface area contributed by atoms with Gasteiger partial charge in [0.15, 0.2) is 5.89 Å². The SMILES string of the molecule is CC(C)Cc1nc(I)co1. The summed E-state index contributed by atoms with van der Waals surface area (Å²) in [6.07, 6.45) is 2.61. The molecule has 1 aromatic heterocycles. The Hall–Kier alpha value is -0.0600. The van der Waals surface area contributed by atoms with Crippen LogP contribution in [0.5, 0.6) is 0 Å². The van der Waals surface area contributed by atoms with Gasteiger partial charge in [0.1, 0.15) is 9.96 Å². The monoisotopic (exact) mass is 251 g/mol. The van der Waals surface area contributed by atoms with Crippen LogP contribution >= 0.6 is 22.6 Å². The molecule has 2 nitrogen and oxygen atoms in total. The first-order valence-corrected chi connectivity index (χ1v) is 4.36. The van der Waals surface area contributed by atoms with Gasteiger partial charge in [-0.3, -0.25) is 0 Å². The van der Waals surface area contributed by atoms with Crippen molar-refractivity contribution < 1.29 is 4.42 Å². The van der Waals surface area contributed by atoms with E-state index in [1.54, 1.807) is 6.26 Å². The molecule has 0 atom stereocenters. The summed E-state index contributed by atoms with van der Waals surface area (Å²) in [5.41, 5.74) is 0. The van der Waals surface area contributed by atoms with Gasteiger partial charge in [0.05, 0.1) is 0 Å². The molecule has 1 aromatic rings. The third-order valence-electron chi connectivity index (χ3n) is 1.11. The molecule has 56 valence electrons. The van der Waals surface area contributed by atoms with Crippen LogP contribution in [0.1, 0.15) is 19.7 Å². The van der Waals surface area contributed by atoms with Gasteiger partial charge in [-0.15, -0.1) is 0 Å². The summed E-state index contributed by atoms with van der Waals surface area (Å²) >= 11 is 2.14. The molecule has 3 heteroatoms. The summed E-state index contributed by atoms with van der Waals surface area (Å²) in [6, 6.07) is 0. The highest BCUT2D eigenvalue weighted by molar-refractivity contribution is 14.1. The van der Waals surface area contributed by atoms with E-state index in [2.05, 4.69) is 41.4 Å². The van der Waals surface area contributed by atoms with E-state index in [0.29, 0.717) is 5.92 Å². The minimum absolute atomic E-state index is 0.620. The first-order valence-electron chi connectivity index (χ1n) is 3.28. The van der Waals surface area contributed by atoms with Gasteiger partial charge in [0.25, 0.3) is 0 Å². The minimum atomic E-state index is 0.620. The van der Waals surface area contributed by atoms with E-state index in [4.69, 9.17) is 4.42 Å². The van der Waals surface area contributed by atoms with Crippen LogP contribution in [-0.2, 0) is 6.42 Å². The molecular weight excluding hydrogens is 241 g/mol. The zero-order valence-corrected chi connectivity index (χ0v) is 8.25. The molecule has 0 saturated heterocycles. The Morgan fingerprint density at radius 1 is 1.70 bits per heavy atom. The number of oxazole rings is 1. The standard InChI is InChI=1S/C7H10INO/c1-5(2)3-7-9-6(8)4-10-7/h4-5H,3H2,1-2H3. The molecule has 0 aliphatic heterocycles. The van der Waals surface area contributed by atoms with Crippen molar-refractivity contribution in [3.05, 3.63) is 15.9 Å². The lowest BCUT2D eigenvalue weighted by molar-refractivity contribution is 0.457. The highest BCUT2D eigenvalue weighted by Gasteiger charge is 2.02. The Morgan fingerprint density at radius 3 is 2.80 bits per heavy atom. The smallest absolute Gasteiger partial charge is 0.195 e. The molecule has 0 fully saturated rings. The maximum Gasteiger partial charge on any atom is 0.195 e. The highest BCUT2D eigenvalue weighted by Crippen LogP contribution is 2.08. The van der Waals surface area contributed by atoms with Crippen LogP contribution in [0.15, 0.2) is 10.7 Å². The Labute approximate surface area is 74.2 Å². The predicted octanol–water partition coefficient (Wildman–Crippen LogP) is 2.48. The Balaban J connectivity index is 2.58. The number of halogens is 1. The van der Waals surface area contributed by atoms with Crippen LogP contribution in [0.2, 0.25) is 0 Å². The van der Waals surface area contributed by atoms with Crippen molar-refractivity contribution in [1.82, 2.24) is 4.98 Å². The number of rotatable bonds is 2. The van der Waals surface area contributed by atoms with Crippen molar-refractivity contribution in [3.8, 4) is 0 Å². The van der Waals surface area contributed by atoms with Crippen molar-refractivity contribution in [2.45, 2.75) is 20.3 Å². The summed E-state index contributed by atoms with van der Waals surface area (Å²) in [6.45, 7) is 4.30. The van der Waals surface area contributed by atoms with Crippen molar-refractivity contribution in [2.24, 2.45) is 5.92 Å². The molecule has 0 spiro atoms. The molecule has 0 unspecified atom stereocenters. The lowest BCUT2D eigenvalue weighted by atomic mass is 10.1. The first-order chi connectivity index (χ1) is 4.68. The van der Waals surface area contributed by atoms with Crippen LogP contribution in [0.3, 0.4) is 0 Å². The van der Waals surface area contributed by atoms with Gasteiger partial charge in [-0.25, -0.2) is 4.98 Å². The van der Waals surface area contributed by atoms with E-state index in [1.165, 1.54) is 0 Å². The van der Waals surface area contributed by atoms with E-state index >= 15 is 0 Å². The van der Waals surface area contributed by atoms with Crippen LogP contribution in [0.4, 0.5) is 0 Å². The second-order valence-electron chi connectivity index (χ2n) is 2.66. The quantitative estimate of drug-likeness (QED) is 0.754. The largest absolute Gasteiger partial charge is 0.448 e. The second kappa shape index (κ2) is 3.37. The average Bonchev–Trinajstić information content (AvgIpc) is 2.13. The molecule has 0 amide bonds. The van der Waals surface area contributed by atoms with Gasteiger partial charge >= 0.3 is 0 Å². The Kier molecular flexibility index (Phi) is 2.71. The van der Waals surface area contributed by atoms with Crippen LogP contribution in [0.25, 0.3) is 0 Å². The molecule has 0 saturated carbocycles. The van der Waals surface area contributed by atoms with Gasteiger partial charge in [0, 0.05) is 6.42 Å². The number of nitrogens with zero attached hydrogens (tertiary/aromatic N) is 1. The van der Waals surface area contributed by atoms with Gasteiger partial charge in [0.2, 0.25) is 0 Å². The second-order valence-corrected chi connectivity index (χ2v) is 3.77. The molecule has 0 radical (unpaired) electrons. The van der Waals surface area contributed by atoms with E-state index in [0.717, 1.165) is 16.0 Å². The zero-order valence-electron chi connectivity index (χ0n) is 6.10. The van der Waals surface area contributed by atoms with Crippen LogP contribution < -0.4 is 0 Å². The van der Waals surface area contributed by atoms with Crippen LogP contribution in [-0.4, -0.2) is 4.98 Å². The summed E-state index contributed by atoms with van der Waals surface area (Å²) in [7, 11) is 0. The maximum absolute atomic E-state index is 5.16. The van der Waals surface area contributed by atoms with Crippen molar-refractivity contribution in [2.75, 3.05) is 0 Å². The van der Waals surface area contributed by atoms with E-state index in [1.807, 2.05) is 0 Å². The lowest BCUT2D eigenvalue weighted by Gasteiger charge is -1.96. The summed E-state index contributed by atoms with van der Waals surface area (Å²) in [5, 5.41) is 0.